The van der Waals surface area contributed by atoms with Crippen LogP contribution in [0, 0.1) is 10.1 Å². The fraction of sp³-hybridized carbons (Fsp3) is 0.278. The van der Waals surface area contributed by atoms with Crippen LogP contribution in [0.4, 0.5) is 24.5 Å². The lowest BCUT2D eigenvalue weighted by Crippen LogP contribution is -2.49. The smallest absolute Gasteiger partial charge is 0.367 e. The van der Waals surface area contributed by atoms with Crippen molar-refractivity contribution in [3.63, 3.8) is 0 Å². The van der Waals surface area contributed by atoms with Crippen molar-refractivity contribution in [2.75, 3.05) is 31.1 Å². The zero-order valence-corrected chi connectivity index (χ0v) is 15.2. The number of nitro benzene ring substituents is 1. The number of hydrogen-bond acceptors (Lipinski definition) is 4. The van der Waals surface area contributed by atoms with E-state index in [1.807, 2.05) is 0 Å². The molecule has 1 amide bonds. The Morgan fingerprint density at radius 2 is 1.71 bits per heavy atom. The first-order chi connectivity index (χ1) is 13.2. The number of halogens is 4. The third-order valence-electron chi connectivity index (χ3n) is 4.51. The van der Waals surface area contributed by atoms with Gasteiger partial charge in [-0.1, -0.05) is 23.7 Å². The summed E-state index contributed by atoms with van der Waals surface area (Å²) < 4.78 is 40.2. The second-order valence-corrected chi connectivity index (χ2v) is 6.62. The SMILES string of the molecule is O=C(c1ccccc1Cl)N1CCN(c2ccc([N+](=O)[O-])cc2C(F)(F)F)CC1. The number of non-ortho nitro benzene ring substituents is 1. The fourth-order valence-corrected chi connectivity index (χ4v) is 3.31. The van der Waals surface area contributed by atoms with E-state index < -0.39 is 22.4 Å². The van der Waals surface area contributed by atoms with E-state index in [4.69, 9.17) is 11.6 Å². The molecule has 0 unspecified atom stereocenters. The first-order valence-corrected chi connectivity index (χ1v) is 8.70. The van der Waals surface area contributed by atoms with Gasteiger partial charge in [0, 0.05) is 44.0 Å². The van der Waals surface area contributed by atoms with Crippen LogP contribution >= 0.6 is 11.6 Å². The molecule has 2 aromatic rings. The van der Waals surface area contributed by atoms with E-state index in [1.54, 1.807) is 24.3 Å². The summed E-state index contributed by atoms with van der Waals surface area (Å²) >= 11 is 6.04. The number of nitrogens with zero attached hydrogens (tertiary/aromatic N) is 3. The van der Waals surface area contributed by atoms with Crippen LogP contribution in [0.1, 0.15) is 15.9 Å². The molecule has 10 heteroatoms. The van der Waals surface area contributed by atoms with E-state index in [2.05, 4.69) is 0 Å². The molecule has 1 fully saturated rings. The van der Waals surface area contributed by atoms with Crippen molar-refractivity contribution in [3.05, 3.63) is 68.7 Å². The number of carbonyl (C=O) groups excluding carboxylic acids is 1. The Kier molecular flexibility index (Phi) is 5.46. The Morgan fingerprint density at radius 1 is 1.07 bits per heavy atom. The molecule has 0 aromatic heterocycles. The Morgan fingerprint density at radius 3 is 2.29 bits per heavy atom. The largest absolute Gasteiger partial charge is 0.418 e. The number of nitro groups is 1. The number of hydrogen-bond donors (Lipinski definition) is 0. The summed E-state index contributed by atoms with van der Waals surface area (Å²) in [5.41, 5.74) is -1.48. The van der Waals surface area contributed by atoms with Gasteiger partial charge < -0.3 is 9.80 Å². The van der Waals surface area contributed by atoms with Gasteiger partial charge in [0.2, 0.25) is 0 Å². The minimum atomic E-state index is -4.73. The van der Waals surface area contributed by atoms with Gasteiger partial charge in [-0.3, -0.25) is 14.9 Å². The molecular formula is C18H15ClF3N3O3. The number of piperazine rings is 1. The Bertz CT molecular complexity index is 912. The minimum absolute atomic E-state index is 0.136. The molecule has 0 spiro atoms. The number of amides is 1. The highest BCUT2D eigenvalue weighted by Crippen LogP contribution is 2.39. The lowest BCUT2D eigenvalue weighted by molar-refractivity contribution is -0.385. The van der Waals surface area contributed by atoms with Crippen molar-refractivity contribution in [3.8, 4) is 0 Å². The molecule has 0 atom stereocenters. The maximum absolute atomic E-state index is 13.4. The molecule has 3 rings (SSSR count). The molecule has 1 heterocycles. The van der Waals surface area contributed by atoms with Crippen LogP contribution < -0.4 is 4.90 Å². The molecule has 2 aromatic carbocycles. The van der Waals surface area contributed by atoms with Crippen molar-refractivity contribution < 1.29 is 22.9 Å². The van der Waals surface area contributed by atoms with Crippen LogP contribution in [0.3, 0.4) is 0 Å². The molecule has 0 aliphatic carbocycles. The summed E-state index contributed by atoms with van der Waals surface area (Å²) in [6.45, 7) is 0.741. The third-order valence-corrected chi connectivity index (χ3v) is 4.84. The molecule has 1 saturated heterocycles. The van der Waals surface area contributed by atoms with Crippen molar-refractivity contribution >= 4 is 28.9 Å². The monoisotopic (exact) mass is 413 g/mol. The highest BCUT2D eigenvalue weighted by Gasteiger charge is 2.37. The summed E-state index contributed by atoms with van der Waals surface area (Å²) in [5.74, 6) is -0.287. The standard InChI is InChI=1S/C18H15ClF3N3O3/c19-15-4-2-1-3-13(15)17(26)24-9-7-23(8-10-24)16-6-5-12(25(27)28)11-14(16)18(20,21)22/h1-6,11H,7-10H2. The van der Waals surface area contributed by atoms with Crippen LogP contribution in [0.5, 0.6) is 0 Å². The molecule has 0 N–H and O–H groups in total. The second-order valence-electron chi connectivity index (χ2n) is 6.22. The molecule has 0 bridgehead atoms. The molecule has 1 aliphatic heterocycles. The maximum Gasteiger partial charge on any atom is 0.418 e. The highest BCUT2D eigenvalue weighted by atomic mass is 35.5. The van der Waals surface area contributed by atoms with Gasteiger partial charge >= 0.3 is 6.18 Å². The van der Waals surface area contributed by atoms with Gasteiger partial charge in [-0.15, -0.1) is 0 Å². The van der Waals surface area contributed by atoms with E-state index in [0.717, 1.165) is 12.1 Å². The van der Waals surface area contributed by atoms with Crippen LogP contribution in [0.2, 0.25) is 5.02 Å². The van der Waals surface area contributed by atoms with E-state index in [0.29, 0.717) is 16.7 Å². The van der Waals surface area contributed by atoms with E-state index in [1.165, 1.54) is 9.80 Å². The van der Waals surface area contributed by atoms with Gasteiger partial charge in [0.15, 0.2) is 0 Å². The molecular weight excluding hydrogens is 399 g/mol. The molecule has 1 aliphatic rings. The van der Waals surface area contributed by atoms with Gasteiger partial charge in [0.05, 0.1) is 21.1 Å². The molecule has 148 valence electrons. The van der Waals surface area contributed by atoms with Gasteiger partial charge in [-0.05, 0) is 18.2 Å². The van der Waals surface area contributed by atoms with E-state index in [-0.39, 0.29) is 37.8 Å². The number of alkyl halides is 3. The lowest BCUT2D eigenvalue weighted by Gasteiger charge is -2.37. The van der Waals surface area contributed by atoms with Crippen molar-refractivity contribution in [2.24, 2.45) is 0 Å². The Balaban J connectivity index is 1.79. The summed E-state index contributed by atoms with van der Waals surface area (Å²) in [5, 5.41) is 11.1. The van der Waals surface area contributed by atoms with E-state index >= 15 is 0 Å². The van der Waals surface area contributed by atoms with Crippen molar-refractivity contribution in [2.45, 2.75) is 6.18 Å². The Hall–Kier alpha value is -2.81. The third kappa shape index (κ3) is 4.04. The Labute approximate surface area is 163 Å². The van der Waals surface area contributed by atoms with Gasteiger partial charge in [0.1, 0.15) is 0 Å². The summed E-state index contributed by atoms with van der Waals surface area (Å²) in [4.78, 5) is 25.5. The molecule has 28 heavy (non-hydrogen) atoms. The second kappa shape index (κ2) is 7.67. The maximum atomic E-state index is 13.4. The predicted octanol–water partition coefficient (Wildman–Crippen LogP) is 4.23. The first-order valence-electron chi connectivity index (χ1n) is 8.33. The molecule has 6 nitrogen and oxygen atoms in total. The average molecular weight is 414 g/mol. The van der Waals surface area contributed by atoms with Crippen LogP contribution in [-0.2, 0) is 6.18 Å². The van der Waals surface area contributed by atoms with Crippen molar-refractivity contribution in [1.29, 1.82) is 0 Å². The van der Waals surface area contributed by atoms with E-state index in [9.17, 15) is 28.1 Å². The normalized spacial score (nSPS) is 14.9. The van der Waals surface area contributed by atoms with Crippen LogP contribution in [0.25, 0.3) is 0 Å². The van der Waals surface area contributed by atoms with Gasteiger partial charge in [-0.2, -0.15) is 13.2 Å². The fourth-order valence-electron chi connectivity index (χ4n) is 3.10. The van der Waals surface area contributed by atoms with Crippen LogP contribution in [-0.4, -0.2) is 41.9 Å². The van der Waals surface area contributed by atoms with Gasteiger partial charge in [0.25, 0.3) is 11.6 Å². The number of carbonyl (C=O) groups is 1. The minimum Gasteiger partial charge on any atom is -0.367 e. The molecule has 0 saturated carbocycles. The quantitative estimate of drug-likeness (QED) is 0.558. The number of anilines is 1. The highest BCUT2D eigenvalue weighted by molar-refractivity contribution is 6.33. The zero-order valence-electron chi connectivity index (χ0n) is 14.4. The summed E-state index contributed by atoms with van der Waals surface area (Å²) in [6.07, 6.45) is -4.73. The summed E-state index contributed by atoms with van der Waals surface area (Å²) in [7, 11) is 0. The number of rotatable bonds is 3. The average Bonchev–Trinajstić information content (AvgIpc) is 2.67. The summed E-state index contributed by atoms with van der Waals surface area (Å²) in [6, 6.07) is 9.26. The zero-order chi connectivity index (χ0) is 20.5. The van der Waals surface area contributed by atoms with Crippen molar-refractivity contribution in [1.82, 2.24) is 4.90 Å². The molecule has 0 radical (unpaired) electrons. The number of benzene rings is 2. The predicted molar refractivity (Wildman–Crippen MR) is 97.7 cm³/mol. The topological polar surface area (TPSA) is 66.7 Å². The lowest BCUT2D eigenvalue weighted by atomic mass is 10.1. The first kappa shape index (κ1) is 19.9. The van der Waals surface area contributed by atoms with Crippen LogP contribution in [0.15, 0.2) is 42.5 Å². The van der Waals surface area contributed by atoms with Gasteiger partial charge in [-0.25, -0.2) is 0 Å².